The maximum absolute atomic E-state index is 12.2. The molecule has 0 fully saturated rings. The number of halogens is 1. The van der Waals surface area contributed by atoms with Gasteiger partial charge in [-0.05, 0) is 59.3 Å². The molecule has 0 aliphatic heterocycles. The number of benzene rings is 2. The van der Waals surface area contributed by atoms with Crippen molar-refractivity contribution in [1.82, 2.24) is 0 Å². The summed E-state index contributed by atoms with van der Waals surface area (Å²) >= 11 is 2.25. The second-order valence-corrected chi connectivity index (χ2v) is 5.56. The van der Waals surface area contributed by atoms with Gasteiger partial charge in [0, 0.05) is 21.2 Å². The molecule has 0 aliphatic carbocycles. The van der Waals surface area contributed by atoms with Crippen LogP contribution in [0.3, 0.4) is 0 Å². The molecule has 18 heavy (non-hydrogen) atoms. The minimum Gasteiger partial charge on any atom is -0.398 e. The largest absolute Gasteiger partial charge is 0.398 e. The fraction of sp³-hybridized carbons (Fsp3) is 0.133. The molecule has 0 aromatic heterocycles. The monoisotopic (exact) mass is 351 g/mol. The van der Waals surface area contributed by atoms with Gasteiger partial charge < -0.3 is 5.73 Å². The van der Waals surface area contributed by atoms with E-state index < -0.39 is 0 Å². The van der Waals surface area contributed by atoms with Gasteiger partial charge in [-0.1, -0.05) is 23.8 Å². The first kappa shape index (κ1) is 13.1. The Morgan fingerprint density at radius 3 is 2.50 bits per heavy atom. The number of aryl methyl sites for hydroxylation is 1. The fourth-order valence-electron chi connectivity index (χ4n) is 1.79. The summed E-state index contributed by atoms with van der Waals surface area (Å²) in [7, 11) is 0. The van der Waals surface area contributed by atoms with E-state index in [1.165, 1.54) is 3.57 Å². The summed E-state index contributed by atoms with van der Waals surface area (Å²) in [6, 6.07) is 13.5. The zero-order valence-corrected chi connectivity index (χ0v) is 12.3. The highest BCUT2D eigenvalue weighted by Crippen LogP contribution is 2.17. The molecule has 0 unspecified atom stereocenters. The molecule has 0 saturated heterocycles. The summed E-state index contributed by atoms with van der Waals surface area (Å²) in [4.78, 5) is 12.2. The van der Waals surface area contributed by atoms with E-state index in [0.29, 0.717) is 17.7 Å². The van der Waals surface area contributed by atoms with Crippen LogP contribution in [0.1, 0.15) is 21.5 Å². The SMILES string of the molecule is Cc1ccc(N)c(C(=O)Cc2ccc(I)cc2)c1. The molecule has 2 aromatic rings. The molecule has 0 heterocycles. The van der Waals surface area contributed by atoms with Gasteiger partial charge in [0.25, 0.3) is 0 Å². The molecule has 0 aliphatic rings. The van der Waals surface area contributed by atoms with Gasteiger partial charge >= 0.3 is 0 Å². The lowest BCUT2D eigenvalue weighted by molar-refractivity contribution is 0.0994. The van der Waals surface area contributed by atoms with Crippen LogP contribution in [0.2, 0.25) is 0 Å². The molecule has 0 amide bonds. The summed E-state index contributed by atoms with van der Waals surface area (Å²) in [5.74, 6) is 0.0670. The molecule has 0 radical (unpaired) electrons. The minimum absolute atomic E-state index is 0.0670. The van der Waals surface area contributed by atoms with Crippen molar-refractivity contribution in [2.45, 2.75) is 13.3 Å². The van der Waals surface area contributed by atoms with Crippen LogP contribution in [-0.4, -0.2) is 5.78 Å². The van der Waals surface area contributed by atoms with E-state index in [9.17, 15) is 4.79 Å². The molecule has 3 heteroatoms. The van der Waals surface area contributed by atoms with E-state index in [0.717, 1.165) is 11.1 Å². The van der Waals surface area contributed by atoms with Crippen molar-refractivity contribution in [1.29, 1.82) is 0 Å². The minimum atomic E-state index is 0.0670. The van der Waals surface area contributed by atoms with Crippen LogP contribution >= 0.6 is 22.6 Å². The quantitative estimate of drug-likeness (QED) is 0.522. The molecule has 2 nitrogen and oxygen atoms in total. The average molecular weight is 351 g/mol. The maximum Gasteiger partial charge on any atom is 0.169 e. The standard InChI is InChI=1S/C15H14INO/c1-10-2-7-14(17)13(8-10)15(18)9-11-3-5-12(16)6-4-11/h2-8H,9,17H2,1H3. The van der Waals surface area contributed by atoms with Crippen LogP contribution in [0.4, 0.5) is 5.69 Å². The molecular formula is C15H14INO. The molecule has 2 aromatic carbocycles. The second-order valence-electron chi connectivity index (χ2n) is 4.32. The highest BCUT2D eigenvalue weighted by molar-refractivity contribution is 14.1. The predicted octanol–water partition coefficient (Wildman–Crippen LogP) is 3.61. The Bertz CT molecular complexity index is 576. The highest BCUT2D eigenvalue weighted by atomic mass is 127. The van der Waals surface area contributed by atoms with Crippen LogP contribution in [0.5, 0.6) is 0 Å². The van der Waals surface area contributed by atoms with Gasteiger partial charge in [-0.25, -0.2) is 0 Å². The zero-order chi connectivity index (χ0) is 13.1. The van der Waals surface area contributed by atoms with E-state index >= 15 is 0 Å². The predicted molar refractivity (Wildman–Crippen MR) is 82.8 cm³/mol. The summed E-state index contributed by atoms with van der Waals surface area (Å²) in [6.45, 7) is 1.96. The Morgan fingerprint density at radius 2 is 1.83 bits per heavy atom. The number of anilines is 1. The van der Waals surface area contributed by atoms with E-state index in [4.69, 9.17) is 5.73 Å². The smallest absolute Gasteiger partial charge is 0.169 e. The average Bonchev–Trinajstić information content (AvgIpc) is 2.35. The number of carbonyl (C=O) groups is 1. The number of Topliss-reactive ketones (excluding diaryl/α,β-unsaturated/α-hetero) is 1. The first-order valence-corrected chi connectivity index (χ1v) is 6.78. The lowest BCUT2D eigenvalue weighted by Crippen LogP contribution is -2.07. The van der Waals surface area contributed by atoms with E-state index in [2.05, 4.69) is 22.6 Å². The van der Waals surface area contributed by atoms with Crippen LogP contribution in [-0.2, 0) is 6.42 Å². The first-order valence-electron chi connectivity index (χ1n) is 5.70. The van der Waals surface area contributed by atoms with E-state index in [-0.39, 0.29) is 5.78 Å². The van der Waals surface area contributed by atoms with Gasteiger partial charge in [0.2, 0.25) is 0 Å². The van der Waals surface area contributed by atoms with Crippen molar-refractivity contribution in [2.75, 3.05) is 5.73 Å². The molecule has 0 bridgehead atoms. The van der Waals surface area contributed by atoms with Gasteiger partial charge in [0.1, 0.15) is 0 Å². The van der Waals surface area contributed by atoms with Crippen molar-refractivity contribution in [3.05, 3.63) is 62.7 Å². The Labute approximate surface area is 120 Å². The van der Waals surface area contributed by atoms with Crippen LogP contribution in [0.15, 0.2) is 42.5 Å². The third-order valence-electron chi connectivity index (χ3n) is 2.79. The third-order valence-corrected chi connectivity index (χ3v) is 3.51. The Morgan fingerprint density at radius 1 is 1.17 bits per heavy atom. The van der Waals surface area contributed by atoms with Crippen LogP contribution in [0.25, 0.3) is 0 Å². The molecular weight excluding hydrogens is 337 g/mol. The molecule has 0 saturated carbocycles. The topological polar surface area (TPSA) is 43.1 Å². The van der Waals surface area contributed by atoms with Crippen molar-refractivity contribution < 1.29 is 4.79 Å². The second kappa shape index (κ2) is 5.52. The number of rotatable bonds is 3. The summed E-state index contributed by atoms with van der Waals surface area (Å²) in [5.41, 5.74) is 9.08. The first-order chi connectivity index (χ1) is 8.56. The summed E-state index contributed by atoms with van der Waals surface area (Å²) in [6.07, 6.45) is 0.393. The maximum atomic E-state index is 12.2. The van der Waals surface area contributed by atoms with Crippen molar-refractivity contribution >= 4 is 34.1 Å². The lowest BCUT2D eigenvalue weighted by Gasteiger charge is -2.06. The Balaban J connectivity index is 2.21. The van der Waals surface area contributed by atoms with Crippen LogP contribution in [0, 0.1) is 10.5 Å². The number of nitrogens with two attached hydrogens (primary N) is 1. The number of ketones is 1. The van der Waals surface area contributed by atoms with Gasteiger partial charge in [0.05, 0.1) is 0 Å². The number of hydrogen-bond donors (Lipinski definition) is 1. The van der Waals surface area contributed by atoms with E-state index in [1.54, 1.807) is 6.07 Å². The van der Waals surface area contributed by atoms with Gasteiger partial charge in [-0.15, -0.1) is 0 Å². The fourth-order valence-corrected chi connectivity index (χ4v) is 2.15. The molecule has 0 spiro atoms. The van der Waals surface area contributed by atoms with Crippen molar-refractivity contribution in [2.24, 2.45) is 0 Å². The molecule has 92 valence electrons. The van der Waals surface area contributed by atoms with Crippen molar-refractivity contribution in [3.8, 4) is 0 Å². The zero-order valence-electron chi connectivity index (χ0n) is 10.1. The molecule has 2 rings (SSSR count). The van der Waals surface area contributed by atoms with Crippen molar-refractivity contribution in [3.63, 3.8) is 0 Å². The molecule has 2 N–H and O–H groups in total. The van der Waals surface area contributed by atoms with Gasteiger partial charge in [-0.3, -0.25) is 4.79 Å². The van der Waals surface area contributed by atoms with Crippen LogP contribution < -0.4 is 5.73 Å². The van der Waals surface area contributed by atoms with E-state index in [1.807, 2.05) is 43.3 Å². The summed E-state index contributed by atoms with van der Waals surface area (Å²) in [5, 5.41) is 0. The highest BCUT2D eigenvalue weighted by Gasteiger charge is 2.10. The number of nitrogen functional groups attached to an aromatic ring is 1. The number of carbonyl (C=O) groups excluding carboxylic acids is 1. The van der Waals surface area contributed by atoms with Gasteiger partial charge in [-0.2, -0.15) is 0 Å². The van der Waals surface area contributed by atoms with Gasteiger partial charge in [0.15, 0.2) is 5.78 Å². The third kappa shape index (κ3) is 3.10. The Hall–Kier alpha value is -1.36. The summed E-state index contributed by atoms with van der Waals surface area (Å²) < 4.78 is 1.17. The number of hydrogen-bond acceptors (Lipinski definition) is 2. The molecule has 0 atom stereocenters. The normalized spacial score (nSPS) is 10.3. The Kier molecular flexibility index (Phi) is 4.01. The lowest BCUT2D eigenvalue weighted by atomic mass is 10.00.